The third-order valence-electron chi connectivity index (χ3n) is 4.88. The molecule has 0 unspecified atom stereocenters. The van der Waals surface area contributed by atoms with Crippen molar-refractivity contribution in [3.63, 3.8) is 0 Å². The van der Waals surface area contributed by atoms with Gasteiger partial charge in [-0.25, -0.2) is 0 Å². The van der Waals surface area contributed by atoms with Crippen LogP contribution in [0.15, 0.2) is 18.2 Å². The number of rotatable bonds is 3. The molecular weight excluding hydrogens is 268 g/mol. The second-order valence-corrected chi connectivity index (χ2v) is 6.81. The molecule has 1 aromatic rings. The Labute approximate surface area is 127 Å². The van der Waals surface area contributed by atoms with Gasteiger partial charge in [0.05, 0.1) is 0 Å². The Hall–Kier alpha value is -0.730. The average molecular weight is 293 g/mol. The van der Waals surface area contributed by atoms with E-state index in [1.807, 2.05) is 6.07 Å². The molecule has 2 nitrogen and oxygen atoms in total. The number of aryl methyl sites for hydroxylation is 1. The van der Waals surface area contributed by atoms with Crippen LogP contribution in [0.4, 0.5) is 5.69 Å². The van der Waals surface area contributed by atoms with E-state index in [0.29, 0.717) is 0 Å². The van der Waals surface area contributed by atoms with Crippen LogP contribution in [-0.2, 0) is 0 Å². The fraction of sp³-hybridized carbons (Fsp3) is 0.647. The van der Waals surface area contributed by atoms with Crippen molar-refractivity contribution in [3.8, 4) is 0 Å². The van der Waals surface area contributed by atoms with E-state index in [0.717, 1.165) is 24.0 Å². The summed E-state index contributed by atoms with van der Waals surface area (Å²) in [6.07, 6.45) is 5.81. The van der Waals surface area contributed by atoms with Crippen LogP contribution in [0, 0.1) is 12.8 Å². The van der Waals surface area contributed by atoms with Crippen LogP contribution >= 0.6 is 11.6 Å². The smallest absolute Gasteiger partial charge is 0.0426 e. The number of hydrogen-bond donors (Lipinski definition) is 0. The van der Waals surface area contributed by atoms with E-state index in [9.17, 15) is 0 Å². The zero-order chi connectivity index (χ0) is 13.9. The number of anilines is 1. The maximum atomic E-state index is 6.14. The predicted molar refractivity (Wildman–Crippen MR) is 86.8 cm³/mol. The molecule has 0 N–H and O–H groups in total. The van der Waals surface area contributed by atoms with Gasteiger partial charge in [-0.3, -0.25) is 4.90 Å². The highest BCUT2D eigenvalue weighted by atomic mass is 35.5. The lowest BCUT2D eigenvalue weighted by Gasteiger charge is -2.37. The Morgan fingerprint density at radius 2 is 1.80 bits per heavy atom. The van der Waals surface area contributed by atoms with Crippen molar-refractivity contribution >= 4 is 17.3 Å². The third kappa shape index (κ3) is 3.29. The second kappa shape index (κ2) is 6.36. The Kier molecular flexibility index (Phi) is 4.52. The summed E-state index contributed by atoms with van der Waals surface area (Å²) >= 11 is 6.14. The topological polar surface area (TPSA) is 6.48 Å². The molecule has 0 spiro atoms. The summed E-state index contributed by atoms with van der Waals surface area (Å²) in [4.78, 5) is 5.15. The summed E-state index contributed by atoms with van der Waals surface area (Å²) in [5.41, 5.74) is 2.65. The van der Waals surface area contributed by atoms with Crippen molar-refractivity contribution < 1.29 is 0 Å². The molecule has 0 atom stereocenters. The normalized spacial score (nSPS) is 21.6. The summed E-state index contributed by atoms with van der Waals surface area (Å²) in [6, 6.07) is 6.23. The highest BCUT2D eigenvalue weighted by Gasteiger charge is 2.22. The van der Waals surface area contributed by atoms with Gasteiger partial charge in [0.1, 0.15) is 0 Å². The lowest BCUT2D eigenvalue weighted by molar-refractivity contribution is 0.220. The molecule has 20 heavy (non-hydrogen) atoms. The van der Waals surface area contributed by atoms with Gasteiger partial charge in [0.25, 0.3) is 0 Å². The van der Waals surface area contributed by atoms with Gasteiger partial charge in [-0.05, 0) is 43.4 Å². The fourth-order valence-corrected chi connectivity index (χ4v) is 3.82. The summed E-state index contributed by atoms with van der Waals surface area (Å²) < 4.78 is 0. The Morgan fingerprint density at radius 1 is 1.10 bits per heavy atom. The monoisotopic (exact) mass is 292 g/mol. The molecule has 0 aromatic heterocycles. The zero-order valence-electron chi connectivity index (χ0n) is 12.4. The number of benzene rings is 1. The number of piperazine rings is 1. The zero-order valence-corrected chi connectivity index (χ0v) is 13.2. The van der Waals surface area contributed by atoms with Gasteiger partial charge in [0, 0.05) is 43.4 Å². The summed E-state index contributed by atoms with van der Waals surface area (Å²) in [6.45, 7) is 8.16. The molecule has 3 rings (SSSR count). The van der Waals surface area contributed by atoms with Crippen molar-refractivity contribution in [1.82, 2.24) is 4.90 Å². The molecular formula is C17H25ClN2. The van der Waals surface area contributed by atoms with Gasteiger partial charge in [-0.2, -0.15) is 0 Å². The van der Waals surface area contributed by atoms with Gasteiger partial charge in [-0.1, -0.05) is 30.5 Å². The van der Waals surface area contributed by atoms with Gasteiger partial charge >= 0.3 is 0 Å². The molecule has 1 aliphatic carbocycles. The molecule has 2 fully saturated rings. The molecule has 0 bridgehead atoms. The van der Waals surface area contributed by atoms with E-state index in [1.165, 1.54) is 56.6 Å². The van der Waals surface area contributed by atoms with Crippen LogP contribution in [0.2, 0.25) is 5.02 Å². The largest absolute Gasteiger partial charge is 0.369 e. The highest BCUT2D eigenvalue weighted by Crippen LogP contribution is 2.28. The van der Waals surface area contributed by atoms with Crippen LogP contribution in [-0.4, -0.2) is 37.6 Å². The van der Waals surface area contributed by atoms with E-state index in [4.69, 9.17) is 11.6 Å². The molecule has 0 amide bonds. The maximum Gasteiger partial charge on any atom is 0.0426 e. The molecule has 110 valence electrons. The first-order valence-corrected chi connectivity index (χ1v) is 8.33. The second-order valence-electron chi connectivity index (χ2n) is 6.37. The van der Waals surface area contributed by atoms with E-state index in [-0.39, 0.29) is 0 Å². The first-order valence-electron chi connectivity index (χ1n) is 7.96. The molecule has 2 aliphatic rings. The van der Waals surface area contributed by atoms with Crippen LogP contribution in [0.3, 0.4) is 0 Å². The van der Waals surface area contributed by atoms with Crippen molar-refractivity contribution in [1.29, 1.82) is 0 Å². The minimum absolute atomic E-state index is 0.846. The van der Waals surface area contributed by atoms with Crippen molar-refractivity contribution in [3.05, 3.63) is 28.8 Å². The van der Waals surface area contributed by atoms with Gasteiger partial charge in [0.15, 0.2) is 0 Å². The molecule has 1 saturated carbocycles. The minimum atomic E-state index is 0.846. The van der Waals surface area contributed by atoms with Crippen molar-refractivity contribution in [2.45, 2.75) is 32.6 Å². The number of nitrogens with zero attached hydrogens (tertiary/aromatic N) is 2. The fourth-order valence-electron chi connectivity index (χ4n) is 3.65. The van der Waals surface area contributed by atoms with Crippen molar-refractivity contribution in [2.75, 3.05) is 37.6 Å². The van der Waals surface area contributed by atoms with Crippen molar-refractivity contribution in [2.24, 2.45) is 5.92 Å². The maximum absolute atomic E-state index is 6.14. The Bertz CT molecular complexity index is 446. The highest BCUT2D eigenvalue weighted by molar-refractivity contribution is 6.30. The van der Waals surface area contributed by atoms with Crippen LogP contribution in [0.1, 0.15) is 31.2 Å². The van der Waals surface area contributed by atoms with Crippen LogP contribution < -0.4 is 4.90 Å². The quantitative estimate of drug-likeness (QED) is 0.832. The van der Waals surface area contributed by atoms with Gasteiger partial charge in [-0.15, -0.1) is 0 Å². The lowest BCUT2D eigenvalue weighted by atomic mass is 10.1. The molecule has 1 aliphatic heterocycles. The molecule has 1 aromatic carbocycles. The van der Waals surface area contributed by atoms with E-state index >= 15 is 0 Å². The molecule has 0 radical (unpaired) electrons. The first-order chi connectivity index (χ1) is 9.72. The van der Waals surface area contributed by atoms with Gasteiger partial charge in [0.2, 0.25) is 0 Å². The minimum Gasteiger partial charge on any atom is -0.369 e. The number of hydrogen-bond acceptors (Lipinski definition) is 2. The summed E-state index contributed by atoms with van der Waals surface area (Å²) in [5.74, 6) is 0.967. The molecule has 1 heterocycles. The summed E-state index contributed by atoms with van der Waals surface area (Å²) in [5, 5.41) is 0.846. The van der Waals surface area contributed by atoms with E-state index in [1.54, 1.807) is 0 Å². The standard InChI is InChI=1S/C17H25ClN2/c1-14-6-7-16(18)12-17(14)20-10-8-19(9-11-20)13-15-4-2-3-5-15/h6-7,12,15H,2-5,8-11,13H2,1H3. The van der Waals surface area contributed by atoms with E-state index in [2.05, 4.69) is 28.9 Å². The Morgan fingerprint density at radius 3 is 2.50 bits per heavy atom. The molecule has 3 heteroatoms. The predicted octanol–water partition coefficient (Wildman–Crippen LogP) is 3.96. The Balaban J connectivity index is 1.56. The summed E-state index contributed by atoms with van der Waals surface area (Å²) in [7, 11) is 0. The van der Waals surface area contributed by atoms with Crippen LogP contribution in [0.5, 0.6) is 0 Å². The first kappa shape index (κ1) is 14.2. The SMILES string of the molecule is Cc1ccc(Cl)cc1N1CCN(CC2CCCC2)CC1. The number of halogens is 1. The average Bonchev–Trinajstić information content (AvgIpc) is 2.95. The van der Waals surface area contributed by atoms with Gasteiger partial charge < -0.3 is 4.90 Å². The third-order valence-corrected chi connectivity index (χ3v) is 5.11. The molecule has 1 saturated heterocycles. The van der Waals surface area contributed by atoms with Crippen LogP contribution in [0.25, 0.3) is 0 Å². The van der Waals surface area contributed by atoms with E-state index < -0.39 is 0 Å². The lowest BCUT2D eigenvalue weighted by Crippen LogP contribution is -2.47.